The molecule has 1 aliphatic heterocycles. The van der Waals surface area contributed by atoms with Crippen LogP contribution in [0.15, 0.2) is 36.2 Å². The van der Waals surface area contributed by atoms with Crippen LogP contribution in [0.5, 0.6) is 0 Å². The Bertz CT molecular complexity index is 565. The normalized spacial score (nSPS) is 18.5. The topological polar surface area (TPSA) is 38.1 Å². The van der Waals surface area contributed by atoms with Crippen molar-refractivity contribution < 1.29 is 4.79 Å². The zero-order chi connectivity index (χ0) is 15.2. The van der Waals surface area contributed by atoms with Crippen molar-refractivity contribution in [2.24, 2.45) is 5.92 Å². The molecule has 1 amide bonds. The van der Waals surface area contributed by atoms with Crippen molar-refractivity contribution in [3.63, 3.8) is 0 Å². The Hall–Kier alpha value is -1.62. The van der Waals surface area contributed by atoms with Gasteiger partial charge in [-0.1, -0.05) is 6.07 Å². The molecule has 0 saturated carbocycles. The Kier molecular flexibility index (Phi) is 5.27. The van der Waals surface area contributed by atoms with Gasteiger partial charge in [-0.25, -0.2) is 4.98 Å². The first-order chi connectivity index (χ1) is 10.8. The molecule has 0 N–H and O–H groups in total. The summed E-state index contributed by atoms with van der Waals surface area (Å²) in [5.41, 5.74) is 0. The molecule has 118 valence electrons. The quantitative estimate of drug-likeness (QED) is 0.820. The summed E-state index contributed by atoms with van der Waals surface area (Å²) in [5, 5.41) is 2.10. The van der Waals surface area contributed by atoms with Crippen LogP contribution in [0.4, 0.5) is 0 Å². The average Bonchev–Trinajstić information content (AvgIpc) is 3.21. The third-order valence-corrected chi connectivity index (χ3v) is 5.23. The van der Waals surface area contributed by atoms with Gasteiger partial charge >= 0.3 is 0 Å². The first-order valence-electron chi connectivity index (χ1n) is 8.07. The summed E-state index contributed by atoms with van der Waals surface area (Å²) >= 11 is 1.78. The highest BCUT2D eigenvalue weighted by molar-refractivity contribution is 7.09. The van der Waals surface area contributed by atoms with Gasteiger partial charge in [0.1, 0.15) is 0 Å². The van der Waals surface area contributed by atoms with E-state index in [0.29, 0.717) is 18.2 Å². The molecule has 0 radical (unpaired) electrons. The summed E-state index contributed by atoms with van der Waals surface area (Å²) in [6, 6.07) is 4.23. The van der Waals surface area contributed by atoms with E-state index in [0.717, 1.165) is 38.9 Å². The molecule has 1 unspecified atom stereocenters. The maximum absolute atomic E-state index is 12.4. The van der Waals surface area contributed by atoms with Crippen LogP contribution in [-0.2, 0) is 17.8 Å². The van der Waals surface area contributed by atoms with Crippen molar-refractivity contribution in [3.8, 4) is 0 Å². The van der Waals surface area contributed by atoms with Crippen LogP contribution in [0.3, 0.4) is 0 Å². The van der Waals surface area contributed by atoms with Crippen LogP contribution in [-0.4, -0.2) is 33.4 Å². The summed E-state index contributed by atoms with van der Waals surface area (Å²) in [5.74, 6) is 0.885. The number of likely N-dealkylation sites (tertiary alicyclic amines) is 1. The first-order valence-corrected chi connectivity index (χ1v) is 8.95. The number of aromatic nitrogens is 2. The van der Waals surface area contributed by atoms with Crippen molar-refractivity contribution in [3.05, 3.63) is 41.1 Å². The van der Waals surface area contributed by atoms with E-state index in [-0.39, 0.29) is 0 Å². The predicted molar refractivity (Wildman–Crippen MR) is 88.8 cm³/mol. The first kappa shape index (κ1) is 15.3. The number of carbonyl (C=O) groups excluding carboxylic acids is 1. The molecule has 1 fully saturated rings. The molecule has 22 heavy (non-hydrogen) atoms. The second kappa shape index (κ2) is 7.58. The number of imidazole rings is 1. The van der Waals surface area contributed by atoms with Gasteiger partial charge in [0, 0.05) is 43.3 Å². The molecule has 1 atom stereocenters. The molecule has 1 aliphatic rings. The Morgan fingerprint density at radius 2 is 2.41 bits per heavy atom. The number of carbonyl (C=O) groups is 1. The van der Waals surface area contributed by atoms with Crippen molar-refractivity contribution >= 4 is 17.2 Å². The van der Waals surface area contributed by atoms with E-state index in [1.54, 1.807) is 11.3 Å². The summed E-state index contributed by atoms with van der Waals surface area (Å²) in [4.78, 5) is 19.9. The van der Waals surface area contributed by atoms with Crippen molar-refractivity contribution in [2.75, 3.05) is 13.1 Å². The lowest BCUT2D eigenvalue weighted by Crippen LogP contribution is -2.41. The van der Waals surface area contributed by atoms with E-state index in [2.05, 4.69) is 32.0 Å². The lowest BCUT2D eigenvalue weighted by molar-refractivity contribution is -0.133. The van der Waals surface area contributed by atoms with E-state index in [1.807, 2.05) is 18.7 Å². The lowest BCUT2D eigenvalue weighted by atomic mass is 9.97. The summed E-state index contributed by atoms with van der Waals surface area (Å²) in [6.07, 6.45) is 10.7. The minimum absolute atomic E-state index is 0.326. The number of nitrogens with zero attached hydrogens (tertiary/aromatic N) is 3. The van der Waals surface area contributed by atoms with Gasteiger partial charge in [0.15, 0.2) is 0 Å². The number of hydrogen-bond donors (Lipinski definition) is 0. The molecule has 0 bridgehead atoms. The van der Waals surface area contributed by atoms with Crippen LogP contribution >= 0.6 is 11.3 Å². The summed E-state index contributed by atoms with van der Waals surface area (Å²) in [7, 11) is 0. The van der Waals surface area contributed by atoms with Crippen LogP contribution in [0.1, 0.15) is 30.6 Å². The fourth-order valence-corrected chi connectivity index (χ4v) is 3.91. The molecule has 4 nitrogen and oxygen atoms in total. The Balaban J connectivity index is 1.43. The fraction of sp³-hybridized carbons (Fsp3) is 0.529. The van der Waals surface area contributed by atoms with Gasteiger partial charge in [-0.2, -0.15) is 0 Å². The van der Waals surface area contributed by atoms with Gasteiger partial charge in [-0.05, 0) is 43.0 Å². The highest BCUT2D eigenvalue weighted by atomic mass is 32.1. The van der Waals surface area contributed by atoms with Gasteiger partial charge in [0.25, 0.3) is 0 Å². The molecule has 2 aromatic rings. The van der Waals surface area contributed by atoms with Crippen molar-refractivity contribution in [1.82, 2.24) is 14.5 Å². The van der Waals surface area contributed by atoms with Gasteiger partial charge in [0.2, 0.25) is 5.91 Å². The number of hydrogen-bond acceptors (Lipinski definition) is 3. The van der Waals surface area contributed by atoms with Crippen molar-refractivity contribution in [1.29, 1.82) is 0 Å². The maximum Gasteiger partial charge on any atom is 0.222 e. The highest BCUT2D eigenvalue weighted by Gasteiger charge is 2.23. The van der Waals surface area contributed by atoms with Crippen LogP contribution in [0.25, 0.3) is 0 Å². The van der Waals surface area contributed by atoms with E-state index in [9.17, 15) is 4.79 Å². The SMILES string of the molecule is O=C(CCCc1cccs1)N1CCCC(Cn2ccnc2)C1. The molecule has 1 saturated heterocycles. The van der Waals surface area contributed by atoms with Crippen molar-refractivity contribution in [2.45, 2.75) is 38.6 Å². The third kappa shape index (κ3) is 4.19. The van der Waals surface area contributed by atoms with Crippen LogP contribution < -0.4 is 0 Å². The summed E-state index contributed by atoms with van der Waals surface area (Å²) in [6.45, 7) is 2.80. The molecule has 0 aromatic carbocycles. The van der Waals surface area contributed by atoms with Crippen LogP contribution in [0, 0.1) is 5.92 Å². The largest absolute Gasteiger partial charge is 0.342 e. The number of piperidine rings is 1. The average molecular weight is 317 g/mol. The standard InChI is InChI=1S/C17H23N3OS/c21-17(7-1-5-16-6-3-11-22-16)20-9-2-4-15(13-20)12-19-10-8-18-14-19/h3,6,8,10-11,14-15H,1-2,4-5,7,9,12-13H2. The molecule has 3 heterocycles. The Morgan fingerprint density at radius 3 is 3.18 bits per heavy atom. The smallest absolute Gasteiger partial charge is 0.222 e. The fourth-order valence-electron chi connectivity index (χ4n) is 3.16. The maximum atomic E-state index is 12.4. The molecular weight excluding hydrogens is 294 g/mol. The zero-order valence-corrected chi connectivity index (χ0v) is 13.7. The number of rotatable bonds is 6. The van der Waals surface area contributed by atoms with Crippen LogP contribution in [0.2, 0.25) is 0 Å². The summed E-state index contributed by atoms with van der Waals surface area (Å²) < 4.78 is 2.12. The Labute approximate surface area is 135 Å². The predicted octanol–water partition coefficient (Wildman–Crippen LogP) is 3.21. The van der Waals surface area contributed by atoms with E-state index in [1.165, 1.54) is 11.3 Å². The molecular formula is C17H23N3OS. The molecule has 5 heteroatoms. The number of thiophene rings is 1. The number of amides is 1. The third-order valence-electron chi connectivity index (χ3n) is 4.29. The van der Waals surface area contributed by atoms with Gasteiger partial charge in [-0.3, -0.25) is 4.79 Å². The van der Waals surface area contributed by atoms with Gasteiger partial charge < -0.3 is 9.47 Å². The Morgan fingerprint density at radius 1 is 1.45 bits per heavy atom. The number of aryl methyl sites for hydroxylation is 1. The van der Waals surface area contributed by atoms with E-state index < -0.39 is 0 Å². The van der Waals surface area contributed by atoms with E-state index >= 15 is 0 Å². The second-order valence-corrected chi connectivity index (χ2v) is 7.07. The minimum Gasteiger partial charge on any atom is -0.342 e. The van der Waals surface area contributed by atoms with Gasteiger partial charge in [0.05, 0.1) is 6.33 Å². The monoisotopic (exact) mass is 317 g/mol. The molecule has 2 aromatic heterocycles. The second-order valence-electron chi connectivity index (χ2n) is 6.04. The minimum atomic E-state index is 0.326. The van der Waals surface area contributed by atoms with E-state index in [4.69, 9.17) is 0 Å². The molecule has 0 aliphatic carbocycles. The highest BCUT2D eigenvalue weighted by Crippen LogP contribution is 2.20. The molecule has 0 spiro atoms. The molecule has 3 rings (SSSR count). The zero-order valence-electron chi connectivity index (χ0n) is 12.9. The van der Waals surface area contributed by atoms with Gasteiger partial charge in [-0.15, -0.1) is 11.3 Å². The lowest BCUT2D eigenvalue weighted by Gasteiger charge is -2.33.